The fraction of sp³-hybridized carbons (Fsp3) is 0.214. The number of para-hydroxylation sites is 1. The highest BCUT2D eigenvalue weighted by Crippen LogP contribution is 2.28. The molecule has 4 heteroatoms. The number of esters is 1. The summed E-state index contributed by atoms with van der Waals surface area (Å²) >= 11 is 3.51. The van der Waals surface area contributed by atoms with E-state index in [-0.39, 0.29) is 5.97 Å². The highest BCUT2D eigenvalue weighted by Gasteiger charge is 2.17. The summed E-state index contributed by atoms with van der Waals surface area (Å²) in [7, 11) is 1.39. The first-order valence-corrected chi connectivity index (χ1v) is 6.37. The molecular formula is C14H14BrNO2. The molecule has 1 aromatic heterocycles. The fourth-order valence-corrected chi connectivity index (χ4v) is 2.58. The molecule has 0 unspecified atom stereocenters. The molecule has 0 aliphatic carbocycles. The van der Waals surface area contributed by atoms with Crippen LogP contribution >= 0.6 is 15.9 Å². The third-order valence-electron chi connectivity index (χ3n) is 2.89. The van der Waals surface area contributed by atoms with Crippen LogP contribution in [0.25, 0.3) is 5.69 Å². The predicted molar refractivity (Wildman–Crippen MR) is 74.3 cm³/mol. The van der Waals surface area contributed by atoms with Crippen molar-refractivity contribution in [3.05, 3.63) is 51.8 Å². The summed E-state index contributed by atoms with van der Waals surface area (Å²) in [5.41, 5.74) is 3.52. The average Bonchev–Trinajstić information content (AvgIpc) is 2.68. The monoisotopic (exact) mass is 307 g/mol. The maximum Gasteiger partial charge on any atom is 0.340 e. The smallest absolute Gasteiger partial charge is 0.340 e. The standard InChI is InChI=1S/C14H14BrNO2/c1-9-7-8-10(2)16(9)13-11(14(17)18-3)5-4-6-12(13)15/h4-8H,1-3H3. The van der Waals surface area contributed by atoms with Crippen molar-refractivity contribution in [2.75, 3.05) is 7.11 Å². The molecule has 0 bridgehead atoms. The molecule has 0 saturated heterocycles. The fourth-order valence-electron chi connectivity index (χ4n) is 2.04. The number of halogens is 1. The van der Waals surface area contributed by atoms with Gasteiger partial charge in [-0.3, -0.25) is 0 Å². The van der Waals surface area contributed by atoms with Crippen LogP contribution in [0.15, 0.2) is 34.8 Å². The normalized spacial score (nSPS) is 10.4. The molecule has 0 saturated carbocycles. The number of hydrogen-bond acceptors (Lipinski definition) is 2. The summed E-state index contributed by atoms with van der Waals surface area (Å²) in [6.07, 6.45) is 0. The third-order valence-corrected chi connectivity index (χ3v) is 3.53. The van der Waals surface area contributed by atoms with Gasteiger partial charge in [0.2, 0.25) is 0 Å². The zero-order valence-corrected chi connectivity index (χ0v) is 12.1. The SMILES string of the molecule is COC(=O)c1cccc(Br)c1-n1c(C)ccc1C. The molecule has 3 nitrogen and oxygen atoms in total. The molecule has 0 amide bonds. The Kier molecular flexibility index (Phi) is 3.57. The van der Waals surface area contributed by atoms with E-state index in [0.29, 0.717) is 5.56 Å². The molecular weight excluding hydrogens is 294 g/mol. The molecule has 18 heavy (non-hydrogen) atoms. The highest BCUT2D eigenvalue weighted by molar-refractivity contribution is 9.10. The molecule has 0 aliphatic rings. The van der Waals surface area contributed by atoms with E-state index >= 15 is 0 Å². The van der Waals surface area contributed by atoms with Crippen molar-refractivity contribution < 1.29 is 9.53 Å². The number of carbonyl (C=O) groups is 1. The molecule has 0 spiro atoms. The third kappa shape index (κ3) is 2.08. The number of carbonyl (C=O) groups excluding carboxylic acids is 1. The first-order chi connectivity index (χ1) is 8.56. The lowest BCUT2D eigenvalue weighted by Crippen LogP contribution is -2.10. The largest absolute Gasteiger partial charge is 0.465 e. The van der Waals surface area contributed by atoms with Crippen molar-refractivity contribution in [2.24, 2.45) is 0 Å². The summed E-state index contributed by atoms with van der Waals surface area (Å²) in [5.74, 6) is -0.334. The van der Waals surface area contributed by atoms with E-state index in [4.69, 9.17) is 4.74 Å². The summed E-state index contributed by atoms with van der Waals surface area (Å²) in [5, 5.41) is 0. The van der Waals surface area contributed by atoms with Gasteiger partial charge >= 0.3 is 5.97 Å². The van der Waals surface area contributed by atoms with Gasteiger partial charge in [0.25, 0.3) is 0 Å². The molecule has 0 atom stereocenters. The zero-order valence-electron chi connectivity index (χ0n) is 10.5. The number of nitrogens with zero attached hydrogens (tertiary/aromatic N) is 1. The van der Waals surface area contributed by atoms with Crippen molar-refractivity contribution in [1.29, 1.82) is 0 Å². The van der Waals surface area contributed by atoms with Crippen LogP contribution in [0.4, 0.5) is 0 Å². The van der Waals surface area contributed by atoms with E-state index < -0.39 is 0 Å². The minimum Gasteiger partial charge on any atom is -0.465 e. The zero-order chi connectivity index (χ0) is 13.3. The molecule has 1 heterocycles. The van der Waals surface area contributed by atoms with Gasteiger partial charge in [0.05, 0.1) is 18.4 Å². The topological polar surface area (TPSA) is 31.2 Å². The Bertz CT molecular complexity index is 582. The van der Waals surface area contributed by atoms with Gasteiger partial charge in [-0.25, -0.2) is 4.79 Å². The molecule has 1 aromatic carbocycles. The Hall–Kier alpha value is -1.55. The van der Waals surface area contributed by atoms with Crippen LogP contribution in [0, 0.1) is 13.8 Å². The van der Waals surface area contributed by atoms with Crippen molar-refractivity contribution in [3.63, 3.8) is 0 Å². The maximum atomic E-state index is 11.8. The van der Waals surface area contributed by atoms with E-state index in [1.807, 2.05) is 42.7 Å². The van der Waals surface area contributed by atoms with E-state index in [0.717, 1.165) is 21.5 Å². The number of aromatic nitrogens is 1. The lowest BCUT2D eigenvalue weighted by atomic mass is 10.1. The van der Waals surface area contributed by atoms with Gasteiger partial charge in [-0.2, -0.15) is 0 Å². The Labute approximate surface area is 115 Å². The van der Waals surface area contributed by atoms with Crippen LogP contribution < -0.4 is 0 Å². The Balaban J connectivity index is 2.74. The van der Waals surface area contributed by atoms with E-state index in [2.05, 4.69) is 15.9 Å². The molecule has 0 fully saturated rings. The Morgan fingerprint density at radius 1 is 1.17 bits per heavy atom. The minimum absolute atomic E-state index is 0.334. The number of benzene rings is 1. The van der Waals surface area contributed by atoms with Crippen LogP contribution in [-0.2, 0) is 4.74 Å². The number of rotatable bonds is 2. The quantitative estimate of drug-likeness (QED) is 0.793. The lowest BCUT2D eigenvalue weighted by molar-refractivity contribution is 0.0600. The summed E-state index contributed by atoms with van der Waals surface area (Å²) in [6, 6.07) is 9.56. The highest BCUT2D eigenvalue weighted by atomic mass is 79.9. The number of methoxy groups -OCH3 is 1. The lowest BCUT2D eigenvalue weighted by Gasteiger charge is -2.15. The summed E-state index contributed by atoms with van der Waals surface area (Å²) < 4.78 is 7.74. The average molecular weight is 308 g/mol. The summed E-state index contributed by atoms with van der Waals surface area (Å²) in [6.45, 7) is 4.01. The Morgan fingerprint density at radius 3 is 2.33 bits per heavy atom. The van der Waals surface area contributed by atoms with E-state index in [1.54, 1.807) is 6.07 Å². The van der Waals surface area contributed by atoms with Gasteiger partial charge in [0, 0.05) is 15.9 Å². The summed E-state index contributed by atoms with van der Waals surface area (Å²) in [4.78, 5) is 11.8. The van der Waals surface area contributed by atoms with Crippen molar-refractivity contribution in [1.82, 2.24) is 4.57 Å². The van der Waals surface area contributed by atoms with Gasteiger partial charge < -0.3 is 9.30 Å². The van der Waals surface area contributed by atoms with Crippen molar-refractivity contribution in [2.45, 2.75) is 13.8 Å². The van der Waals surface area contributed by atoms with Crippen LogP contribution in [-0.4, -0.2) is 17.6 Å². The van der Waals surface area contributed by atoms with Gasteiger partial charge in [0.1, 0.15) is 0 Å². The van der Waals surface area contributed by atoms with Crippen molar-refractivity contribution in [3.8, 4) is 5.69 Å². The number of hydrogen-bond donors (Lipinski definition) is 0. The molecule has 2 aromatic rings. The van der Waals surface area contributed by atoms with Crippen LogP contribution in [0.1, 0.15) is 21.7 Å². The van der Waals surface area contributed by atoms with Gasteiger partial charge in [-0.05, 0) is 54.0 Å². The van der Waals surface area contributed by atoms with Crippen LogP contribution in [0.3, 0.4) is 0 Å². The second kappa shape index (κ2) is 4.98. The van der Waals surface area contributed by atoms with Crippen LogP contribution in [0.2, 0.25) is 0 Å². The first kappa shape index (κ1) is 12.9. The number of ether oxygens (including phenoxy) is 1. The van der Waals surface area contributed by atoms with E-state index in [9.17, 15) is 4.79 Å². The molecule has 0 aliphatic heterocycles. The Morgan fingerprint density at radius 2 is 1.78 bits per heavy atom. The number of aryl methyl sites for hydroxylation is 2. The molecule has 0 radical (unpaired) electrons. The van der Waals surface area contributed by atoms with Gasteiger partial charge in [-0.15, -0.1) is 0 Å². The second-order valence-electron chi connectivity index (χ2n) is 4.08. The first-order valence-electron chi connectivity index (χ1n) is 5.58. The van der Waals surface area contributed by atoms with Gasteiger partial charge in [0.15, 0.2) is 0 Å². The van der Waals surface area contributed by atoms with Gasteiger partial charge in [-0.1, -0.05) is 6.07 Å². The predicted octanol–water partition coefficient (Wildman–Crippen LogP) is 3.64. The molecule has 94 valence electrons. The van der Waals surface area contributed by atoms with Crippen molar-refractivity contribution >= 4 is 21.9 Å². The maximum absolute atomic E-state index is 11.8. The molecule has 0 N–H and O–H groups in total. The second-order valence-corrected chi connectivity index (χ2v) is 4.93. The van der Waals surface area contributed by atoms with Crippen LogP contribution in [0.5, 0.6) is 0 Å². The minimum atomic E-state index is -0.334. The van der Waals surface area contributed by atoms with E-state index in [1.165, 1.54) is 7.11 Å². The molecule has 2 rings (SSSR count).